The lowest BCUT2D eigenvalue weighted by Crippen LogP contribution is -2.41. The fourth-order valence-corrected chi connectivity index (χ4v) is 4.36. The van der Waals surface area contributed by atoms with E-state index in [-0.39, 0.29) is 16.9 Å². The summed E-state index contributed by atoms with van der Waals surface area (Å²) in [6.45, 7) is 3.06. The lowest BCUT2D eigenvalue weighted by atomic mass is 10.0. The minimum absolute atomic E-state index is 0.0928. The highest BCUT2D eigenvalue weighted by molar-refractivity contribution is 6.36. The summed E-state index contributed by atoms with van der Waals surface area (Å²) in [5.41, 5.74) is 7.88. The molecular formula is C21H22Cl2FN5O2. The van der Waals surface area contributed by atoms with Crippen LogP contribution in [0.1, 0.15) is 31.1 Å². The number of hydrogen-bond acceptors (Lipinski definition) is 6. The number of piperidine rings is 1. The number of benzene rings is 1. The Balaban J connectivity index is 1.59. The SMILES string of the molecule is C[C@@H](Oc1cc(-c2cnn([C@@H]3CCNC[C@H]3O)c2)cnc1N)c1c(Cl)ccc(F)c1Cl. The summed E-state index contributed by atoms with van der Waals surface area (Å²) in [6.07, 6.45) is 4.79. The highest BCUT2D eigenvalue weighted by Crippen LogP contribution is 2.37. The van der Waals surface area contributed by atoms with Gasteiger partial charge in [-0.15, -0.1) is 0 Å². The summed E-state index contributed by atoms with van der Waals surface area (Å²) in [4.78, 5) is 4.22. The van der Waals surface area contributed by atoms with Gasteiger partial charge in [-0.1, -0.05) is 23.2 Å². The van der Waals surface area contributed by atoms with E-state index in [1.807, 2.05) is 6.20 Å². The van der Waals surface area contributed by atoms with Crippen molar-refractivity contribution in [3.05, 3.63) is 58.2 Å². The van der Waals surface area contributed by atoms with Gasteiger partial charge in [-0.3, -0.25) is 4.68 Å². The van der Waals surface area contributed by atoms with Gasteiger partial charge in [-0.25, -0.2) is 9.37 Å². The van der Waals surface area contributed by atoms with E-state index in [0.29, 0.717) is 22.9 Å². The predicted molar refractivity (Wildman–Crippen MR) is 118 cm³/mol. The predicted octanol–water partition coefficient (Wildman–Crippen LogP) is 4.01. The van der Waals surface area contributed by atoms with E-state index in [2.05, 4.69) is 15.4 Å². The normalized spacial score (nSPS) is 19.9. The van der Waals surface area contributed by atoms with Gasteiger partial charge >= 0.3 is 0 Å². The van der Waals surface area contributed by atoms with Gasteiger partial charge in [0.05, 0.1) is 23.4 Å². The maximum Gasteiger partial charge on any atom is 0.166 e. The van der Waals surface area contributed by atoms with Crippen LogP contribution < -0.4 is 15.8 Å². The molecule has 0 radical (unpaired) electrons. The van der Waals surface area contributed by atoms with Crippen molar-refractivity contribution < 1.29 is 14.2 Å². The van der Waals surface area contributed by atoms with Crippen LogP contribution in [0.3, 0.4) is 0 Å². The molecule has 0 aliphatic carbocycles. The number of halogens is 3. The molecule has 1 saturated heterocycles. The quantitative estimate of drug-likeness (QED) is 0.492. The van der Waals surface area contributed by atoms with Gasteiger partial charge in [-0.2, -0.15) is 5.10 Å². The third-order valence-electron chi connectivity index (χ3n) is 5.36. The zero-order valence-electron chi connectivity index (χ0n) is 16.7. The van der Waals surface area contributed by atoms with Gasteiger partial charge in [0.1, 0.15) is 11.9 Å². The fraction of sp³-hybridized carbons (Fsp3) is 0.333. The molecule has 0 spiro atoms. The van der Waals surface area contributed by atoms with Crippen LogP contribution in [0.25, 0.3) is 11.1 Å². The third kappa shape index (κ3) is 4.48. The Morgan fingerprint density at radius 1 is 1.32 bits per heavy atom. The molecule has 4 rings (SSSR count). The molecule has 0 saturated carbocycles. The number of hydrogen-bond donors (Lipinski definition) is 3. The van der Waals surface area contributed by atoms with Crippen LogP contribution in [0.15, 0.2) is 36.8 Å². The van der Waals surface area contributed by atoms with Crippen molar-refractivity contribution >= 4 is 29.0 Å². The maximum atomic E-state index is 13.9. The fourth-order valence-electron chi connectivity index (χ4n) is 3.68. The second-order valence-electron chi connectivity index (χ2n) is 7.46. The van der Waals surface area contributed by atoms with E-state index in [4.69, 9.17) is 33.7 Å². The lowest BCUT2D eigenvalue weighted by molar-refractivity contribution is 0.0810. The first-order chi connectivity index (χ1) is 14.8. The van der Waals surface area contributed by atoms with Crippen molar-refractivity contribution in [2.75, 3.05) is 18.8 Å². The zero-order chi connectivity index (χ0) is 22.1. The molecule has 1 aromatic carbocycles. The van der Waals surface area contributed by atoms with Crippen LogP contribution in [0.5, 0.6) is 5.75 Å². The van der Waals surface area contributed by atoms with Gasteiger partial charge in [0.15, 0.2) is 11.6 Å². The Morgan fingerprint density at radius 3 is 2.90 bits per heavy atom. The van der Waals surface area contributed by atoms with Crippen LogP contribution in [0, 0.1) is 5.82 Å². The van der Waals surface area contributed by atoms with Crippen molar-refractivity contribution in [2.24, 2.45) is 0 Å². The zero-order valence-corrected chi connectivity index (χ0v) is 18.2. The highest BCUT2D eigenvalue weighted by Gasteiger charge is 2.25. The first-order valence-corrected chi connectivity index (χ1v) is 10.6. The first-order valence-electron chi connectivity index (χ1n) is 9.84. The molecule has 4 N–H and O–H groups in total. The number of nitrogens with two attached hydrogens (primary N) is 1. The number of aromatic nitrogens is 3. The smallest absolute Gasteiger partial charge is 0.166 e. The molecule has 3 aromatic rings. The van der Waals surface area contributed by atoms with E-state index < -0.39 is 18.0 Å². The molecule has 164 valence electrons. The molecule has 3 heterocycles. The molecule has 0 unspecified atom stereocenters. The van der Waals surface area contributed by atoms with Crippen LogP contribution >= 0.6 is 23.2 Å². The number of nitrogens with one attached hydrogen (secondary N) is 1. The van der Waals surface area contributed by atoms with Crippen molar-refractivity contribution in [3.8, 4) is 16.9 Å². The molecule has 1 aliphatic heterocycles. The lowest BCUT2D eigenvalue weighted by Gasteiger charge is -2.28. The van der Waals surface area contributed by atoms with Gasteiger partial charge in [0, 0.05) is 40.7 Å². The van der Waals surface area contributed by atoms with Crippen LogP contribution in [0.4, 0.5) is 10.2 Å². The maximum absolute atomic E-state index is 13.9. The highest BCUT2D eigenvalue weighted by atomic mass is 35.5. The standard InChI is InChI=1S/C21H22Cl2FN5O2/c1-11(19-14(22)2-3-15(24)20(19)23)31-18-6-12(7-27-21(18)25)13-8-28-29(10-13)16-4-5-26-9-17(16)30/h2-3,6-8,10-11,16-17,26,30H,4-5,9H2,1H3,(H2,25,27)/t11-,16-,17-/m1/s1. The van der Waals surface area contributed by atoms with Crippen LogP contribution in [-0.4, -0.2) is 39.1 Å². The van der Waals surface area contributed by atoms with Gasteiger partial charge in [0.25, 0.3) is 0 Å². The van der Waals surface area contributed by atoms with Crippen LogP contribution in [-0.2, 0) is 0 Å². The Kier molecular flexibility index (Phi) is 6.34. The molecule has 0 bridgehead atoms. The van der Waals surface area contributed by atoms with E-state index >= 15 is 0 Å². The monoisotopic (exact) mass is 465 g/mol. The van der Waals surface area contributed by atoms with E-state index in [1.54, 1.807) is 30.1 Å². The van der Waals surface area contributed by atoms with Crippen molar-refractivity contribution in [1.29, 1.82) is 0 Å². The summed E-state index contributed by atoms with van der Waals surface area (Å²) < 4.78 is 21.6. The van der Waals surface area contributed by atoms with E-state index in [9.17, 15) is 9.50 Å². The number of nitrogens with zero attached hydrogens (tertiary/aromatic N) is 3. The van der Waals surface area contributed by atoms with E-state index in [1.165, 1.54) is 12.1 Å². The van der Waals surface area contributed by atoms with Gasteiger partial charge in [0.2, 0.25) is 0 Å². The first kappa shape index (κ1) is 21.8. The Morgan fingerprint density at radius 2 is 2.13 bits per heavy atom. The Hall–Kier alpha value is -2.39. The number of aliphatic hydroxyl groups excluding tert-OH is 1. The number of pyridine rings is 1. The molecular weight excluding hydrogens is 444 g/mol. The average molecular weight is 466 g/mol. The molecule has 10 heteroatoms. The largest absolute Gasteiger partial charge is 0.482 e. The van der Waals surface area contributed by atoms with Crippen molar-refractivity contribution in [2.45, 2.75) is 31.6 Å². The number of aliphatic hydroxyl groups is 1. The summed E-state index contributed by atoms with van der Waals surface area (Å²) in [5.74, 6) is -0.0830. The number of nitrogen functional groups attached to an aromatic ring is 1. The minimum atomic E-state index is -0.664. The minimum Gasteiger partial charge on any atom is -0.482 e. The summed E-state index contributed by atoms with van der Waals surface area (Å²) in [6, 6.07) is 4.28. The Bertz CT molecular complexity index is 1090. The van der Waals surface area contributed by atoms with E-state index in [0.717, 1.165) is 24.1 Å². The molecule has 7 nitrogen and oxygen atoms in total. The number of anilines is 1. The van der Waals surface area contributed by atoms with Gasteiger partial charge in [-0.05, 0) is 38.1 Å². The number of rotatable bonds is 5. The van der Waals surface area contributed by atoms with Crippen molar-refractivity contribution in [3.63, 3.8) is 0 Å². The van der Waals surface area contributed by atoms with Gasteiger partial charge < -0.3 is 20.9 Å². The molecule has 0 amide bonds. The molecule has 2 aromatic heterocycles. The third-order valence-corrected chi connectivity index (χ3v) is 6.07. The van der Waals surface area contributed by atoms with Crippen molar-refractivity contribution in [1.82, 2.24) is 20.1 Å². The summed E-state index contributed by atoms with van der Waals surface area (Å²) in [7, 11) is 0. The molecule has 3 atom stereocenters. The summed E-state index contributed by atoms with van der Waals surface area (Å²) in [5, 5.41) is 18.0. The number of ether oxygens (including phenoxy) is 1. The van der Waals surface area contributed by atoms with Crippen LogP contribution in [0.2, 0.25) is 10.0 Å². The topological polar surface area (TPSA) is 98.2 Å². The molecule has 1 aliphatic rings. The average Bonchev–Trinajstić information content (AvgIpc) is 3.23. The molecule has 1 fully saturated rings. The second kappa shape index (κ2) is 9.00. The second-order valence-corrected chi connectivity index (χ2v) is 8.25. The molecule has 31 heavy (non-hydrogen) atoms. The summed E-state index contributed by atoms with van der Waals surface area (Å²) >= 11 is 12.3. The Labute approximate surface area is 188 Å². The number of β-amino-alcohol motifs (C(OH)–C–C–N with tert-alkyl or cyclic N) is 1.